The van der Waals surface area contributed by atoms with Crippen LogP contribution >= 0.6 is 0 Å². The zero-order valence-corrected chi connectivity index (χ0v) is 14.6. The molecule has 1 aliphatic rings. The highest BCUT2D eigenvalue weighted by atomic mass is 19.1. The largest absolute Gasteiger partial charge is 0.477 e. The van der Waals surface area contributed by atoms with Crippen molar-refractivity contribution in [1.82, 2.24) is 15.0 Å². The maximum absolute atomic E-state index is 14.7. The number of rotatable bonds is 3. The molecule has 0 radical (unpaired) electrons. The fourth-order valence-corrected chi connectivity index (χ4v) is 3.39. The van der Waals surface area contributed by atoms with Crippen LogP contribution in [0.25, 0.3) is 21.9 Å². The highest BCUT2D eigenvalue weighted by Crippen LogP contribution is 2.27. The number of nitrogens with zero attached hydrogens (tertiary/aromatic N) is 3. The number of hydrogen-bond acceptors (Lipinski definition) is 6. The van der Waals surface area contributed by atoms with Crippen LogP contribution in [0.1, 0.15) is 10.4 Å². The highest BCUT2D eigenvalue weighted by molar-refractivity contribution is 5.97. The van der Waals surface area contributed by atoms with E-state index in [1.165, 1.54) is 23.0 Å². The number of carboxylic acids is 1. The van der Waals surface area contributed by atoms with Gasteiger partial charge in [-0.05, 0) is 18.2 Å². The van der Waals surface area contributed by atoms with Crippen LogP contribution < -0.4 is 21.1 Å². The summed E-state index contributed by atoms with van der Waals surface area (Å²) in [5, 5.41) is 13.0. The number of hydrogen-bond donors (Lipinski definition) is 3. The minimum Gasteiger partial charge on any atom is -0.477 e. The predicted molar refractivity (Wildman–Crippen MR) is 101 cm³/mol. The number of fused-ring (bicyclic) bond motifs is 2. The van der Waals surface area contributed by atoms with Crippen LogP contribution in [-0.2, 0) is 0 Å². The SMILES string of the molecule is CNn1cc(C(=O)O)c(=O)c2cc3cc(F)c(N4CCNCC4)cc3nc21. The quantitative estimate of drug-likeness (QED) is 0.590. The molecule has 3 heterocycles. The minimum atomic E-state index is -1.33. The van der Waals surface area contributed by atoms with Crippen molar-refractivity contribution in [2.75, 3.05) is 43.6 Å². The second kappa shape index (κ2) is 6.51. The summed E-state index contributed by atoms with van der Waals surface area (Å²) >= 11 is 0. The molecule has 1 aromatic carbocycles. The van der Waals surface area contributed by atoms with E-state index in [1.54, 1.807) is 13.1 Å². The van der Waals surface area contributed by atoms with Crippen molar-refractivity contribution in [2.45, 2.75) is 0 Å². The molecule has 0 saturated carbocycles. The summed E-state index contributed by atoms with van der Waals surface area (Å²) in [5.74, 6) is -1.72. The molecule has 0 amide bonds. The third kappa shape index (κ3) is 2.85. The van der Waals surface area contributed by atoms with Gasteiger partial charge in [0.2, 0.25) is 5.43 Å². The molecule has 8 nitrogen and oxygen atoms in total. The first-order chi connectivity index (χ1) is 13.0. The fourth-order valence-electron chi connectivity index (χ4n) is 3.39. The summed E-state index contributed by atoms with van der Waals surface area (Å²) in [5.41, 5.74) is 3.07. The number of benzene rings is 1. The Kier molecular flexibility index (Phi) is 4.15. The number of anilines is 1. The van der Waals surface area contributed by atoms with Gasteiger partial charge in [-0.1, -0.05) is 0 Å². The summed E-state index contributed by atoms with van der Waals surface area (Å²) in [6.07, 6.45) is 1.20. The van der Waals surface area contributed by atoms with Gasteiger partial charge in [0.1, 0.15) is 11.4 Å². The second-order valence-corrected chi connectivity index (χ2v) is 6.36. The molecule has 2 aromatic heterocycles. The first-order valence-electron chi connectivity index (χ1n) is 8.56. The van der Waals surface area contributed by atoms with Gasteiger partial charge in [0.15, 0.2) is 5.65 Å². The summed E-state index contributed by atoms with van der Waals surface area (Å²) in [6.45, 7) is 2.94. The number of halogens is 1. The Morgan fingerprint density at radius 2 is 2.04 bits per heavy atom. The number of pyridine rings is 2. The Balaban J connectivity index is 1.98. The molecule has 0 aliphatic carbocycles. The average Bonchev–Trinajstić information content (AvgIpc) is 2.67. The Bertz CT molecular complexity index is 1120. The zero-order valence-electron chi connectivity index (χ0n) is 14.6. The number of nitrogens with one attached hydrogen (secondary N) is 2. The number of carbonyl (C=O) groups is 1. The molecule has 1 aliphatic heterocycles. The Morgan fingerprint density at radius 1 is 1.30 bits per heavy atom. The Morgan fingerprint density at radius 3 is 2.70 bits per heavy atom. The predicted octanol–water partition coefficient (Wildman–Crippen LogP) is 0.970. The van der Waals surface area contributed by atoms with Gasteiger partial charge in [-0.25, -0.2) is 18.8 Å². The van der Waals surface area contributed by atoms with Crippen LogP contribution in [0.4, 0.5) is 10.1 Å². The monoisotopic (exact) mass is 371 g/mol. The summed E-state index contributed by atoms with van der Waals surface area (Å²) < 4.78 is 16.1. The van der Waals surface area contributed by atoms with E-state index in [0.29, 0.717) is 29.7 Å². The molecule has 0 bridgehead atoms. The van der Waals surface area contributed by atoms with Gasteiger partial charge in [0, 0.05) is 44.8 Å². The van der Waals surface area contributed by atoms with E-state index >= 15 is 0 Å². The van der Waals surface area contributed by atoms with Crippen LogP contribution in [-0.4, -0.2) is 54.0 Å². The average molecular weight is 371 g/mol. The van der Waals surface area contributed by atoms with Crippen molar-refractivity contribution in [2.24, 2.45) is 0 Å². The van der Waals surface area contributed by atoms with Crippen molar-refractivity contribution in [3.8, 4) is 0 Å². The van der Waals surface area contributed by atoms with Crippen LogP contribution in [0.15, 0.2) is 29.2 Å². The van der Waals surface area contributed by atoms with E-state index in [9.17, 15) is 19.1 Å². The normalized spacial score (nSPS) is 14.7. The molecule has 0 spiro atoms. The Labute approximate surface area is 153 Å². The molecule has 3 aromatic rings. The molecule has 0 unspecified atom stereocenters. The van der Waals surface area contributed by atoms with Crippen molar-refractivity contribution in [3.63, 3.8) is 0 Å². The van der Waals surface area contributed by atoms with Crippen molar-refractivity contribution >= 4 is 33.6 Å². The lowest BCUT2D eigenvalue weighted by Crippen LogP contribution is -2.43. The van der Waals surface area contributed by atoms with Crippen LogP contribution in [0, 0.1) is 5.82 Å². The number of piperazine rings is 1. The van der Waals surface area contributed by atoms with Crippen molar-refractivity contribution < 1.29 is 14.3 Å². The molecule has 140 valence electrons. The first kappa shape index (κ1) is 17.2. The van der Waals surface area contributed by atoms with Gasteiger partial charge in [-0.3, -0.25) is 4.79 Å². The minimum absolute atomic E-state index is 0.117. The zero-order chi connectivity index (χ0) is 19.1. The lowest BCUT2D eigenvalue weighted by Gasteiger charge is -2.29. The summed E-state index contributed by atoms with van der Waals surface area (Å²) in [6, 6.07) is 4.51. The van der Waals surface area contributed by atoms with Crippen LogP contribution in [0.3, 0.4) is 0 Å². The van der Waals surface area contributed by atoms with E-state index in [0.717, 1.165) is 13.1 Å². The summed E-state index contributed by atoms with van der Waals surface area (Å²) in [4.78, 5) is 30.3. The van der Waals surface area contributed by atoms with Gasteiger partial charge < -0.3 is 20.7 Å². The van der Waals surface area contributed by atoms with Crippen molar-refractivity contribution in [3.05, 3.63) is 46.0 Å². The molecule has 1 saturated heterocycles. The lowest BCUT2D eigenvalue weighted by atomic mass is 10.1. The van der Waals surface area contributed by atoms with Gasteiger partial charge in [-0.15, -0.1) is 0 Å². The molecule has 0 atom stereocenters. The van der Waals surface area contributed by atoms with E-state index in [-0.39, 0.29) is 16.6 Å². The van der Waals surface area contributed by atoms with E-state index in [1.807, 2.05) is 4.90 Å². The van der Waals surface area contributed by atoms with Gasteiger partial charge in [0.25, 0.3) is 0 Å². The lowest BCUT2D eigenvalue weighted by molar-refractivity contribution is 0.0695. The maximum atomic E-state index is 14.7. The van der Waals surface area contributed by atoms with Gasteiger partial charge >= 0.3 is 5.97 Å². The smallest absolute Gasteiger partial charge is 0.341 e. The third-order valence-electron chi connectivity index (χ3n) is 4.77. The van der Waals surface area contributed by atoms with E-state index in [4.69, 9.17) is 0 Å². The molecule has 4 rings (SSSR count). The molecule has 1 fully saturated rings. The van der Waals surface area contributed by atoms with E-state index < -0.39 is 17.2 Å². The topological polar surface area (TPSA) is 99.5 Å². The number of carboxylic acid groups (broad SMARTS) is 1. The van der Waals surface area contributed by atoms with E-state index in [2.05, 4.69) is 15.7 Å². The van der Waals surface area contributed by atoms with Crippen molar-refractivity contribution in [1.29, 1.82) is 0 Å². The van der Waals surface area contributed by atoms with Gasteiger partial charge in [-0.2, -0.15) is 0 Å². The summed E-state index contributed by atoms with van der Waals surface area (Å²) in [7, 11) is 1.60. The molecular formula is C18H18FN5O3. The van der Waals surface area contributed by atoms with Gasteiger partial charge in [0.05, 0.1) is 16.6 Å². The fraction of sp³-hybridized carbons (Fsp3) is 0.278. The van der Waals surface area contributed by atoms with Crippen LogP contribution in [0.5, 0.6) is 0 Å². The maximum Gasteiger partial charge on any atom is 0.341 e. The molecular weight excluding hydrogens is 353 g/mol. The van der Waals surface area contributed by atoms with Crippen LogP contribution in [0.2, 0.25) is 0 Å². The molecule has 27 heavy (non-hydrogen) atoms. The Hall–Kier alpha value is -3.20. The number of aromatic nitrogens is 2. The second-order valence-electron chi connectivity index (χ2n) is 6.36. The first-order valence-corrected chi connectivity index (χ1v) is 8.56. The standard InChI is InChI=1S/C18H18FN5O3/c1-20-24-9-12(18(26)27)16(25)11-6-10-7-13(19)15(8-14(10)22-17(11)24)23-4-2-21-3-5-23/h6-9,20-21H,2-5H2,1H3,(H,26,27). The number of aromatic carboxylic acids is 1. The molecule has 3 N–H and O–H groups in total. The third-order valence-corrected chi connectivity index (χ3v) is 4.77. The molecule has 9 heteroatoms. The highest BCUT2D eigenvalue weighted by Gasteiger charge is 2.19.